The molecule has 0 amide bonds. The summed E-state index contributed by atoms with van der Waals surface area (Å²) in [4.78, 5) is 2.57. The number of rotatable bonds is 3. The highest BCUT2D eigenvalue weighted by atomic mass is 32.2. The van der Waals surface area contributed by atoms with Crippen molar-refractivity contribution in [1.82, 2.24) is 0 Å². The Balaban J connectivity index is 2.09. The van der Waals surface area contributed by atoms with Gasteiger partial charge in [0.05, 0.1) is 10.8 Å². The summed E-state index contributed by atoms with van der Waals surface area (Å²) in [6.45, 7) is 13.0. The van der Waals surface area contributed by atoms with Crippen molar-refractivity contribution < 1.29 is 4.42 Å². The molecule has 0 unspecified atom stereocenters. The van der Waals surface area contributed by atoms with E-state index < -0.39 is 0 Å². The maximum atomic E-state index is 6.23. The molecule has 134 valence electrons. The predicted octanol–water partition coefficient (Wildman–Crippen LogP) is 7.78. The maximum Gasteiger partial charge on any atom is 0.361 e. The SMILES string of the molecule is C/C(=C/c1cc(C(C)(C)C)[o+]c2cc(C)ccc12)Sc1ccccc1C. The van der Waals surface area contributed by atoms with E-state index in [0.717, 1.165) is 16.7 Å². The molecule has 1 aromatic heterocycles. The van der Waals surface area contributed by atoms with Crippen LogP contribution in [0.15, 0.2) is 62.7 Å². The lowest BCUT2D eigenvalue weighted by Crippen LogP contribution is -2.11. The van der Waals surface area contributed by atoms with E-state index >= 15 is 0 Å². The van der Waals surface area contributed by atoms with Crippen LogP contribution in [0.4, 0.5) is 0 Å². The van der Waals surface area contributed by atoms with E-state index in [9.17, 15) is 0 Å². The third kappa shape index (κ3) is 4.19. The molecule has 0 N–H and O–H groups in total. The van der Waals surface area contributed by atoms with Gasteiger partial charge in [0.25, 0.3) is 0 Å². The van der Waals surface area contributed by atoms with Gasteiger partial charge >= 0.3 is 11.3 Å². The molecule has 0 aliphatic carbocycles. The van der Waals surface area contributed by atoms with Gasteiger partial charge in [0.15, 0.2) is 0 Å². The molecule has 0 saturated heterocycles. The van der Waals surface area contributed by atoms with Crippen LogP contribution in [-0.4, -0.2) is 0 Å². The van der Waals surface area contributed by atoms with Crippen LogP contribution in [0, 0.1) is 13.8 Å². The molecular formula is C24H27OS+. The van der Waals surface area contributed by atoms with Crippen molar-refractivity contribution in [2.24, 2.45) is 0 Å². The van der Waals surface area contributed by atoms with Gasteiger partial charge in [-0.3, -0.25) is 0 Å². The van der Waals surface area contributed by atoms with E-state index in [4.69, 9.17) is 4.42 Å². The third-order valence-corrected chi connectivity index (χ3v) is 5.53. The molecule has 0 aliphatic rings. The fraction of sp³-hybridized carbons (Fsp3) is 0.292. The van der Waals surface area contributed by atoms with Gasteiger partial charge in [0, 0.05) is 22.6 Å². The van der Waals surface area contributed by atoms with Crippen LogP contribution in [0.25, 0.3) is 17.0 Å². The summed E-state index contributed by atoms with van der Waals surface area (Å²) in [5, 5.41) is 1.16. The lowest BCUT2D eigenvalue weighted by molar-refractivity contribution is 0.421. The van der Waals surface area contributed by atoms with Gasteiger partial charge in [-0.25, -0.2) is 4.42 Å². The van der Waals surface area contributed by atoms with Crippen LogP contribution in [0.5, 0.6) is 0 Å². The fourth-order valence-corrected chi connectivity index (χ4v) is 3.81. The molecular weight excluding hydrogens is 336 g/mol. The summed E-state index contributed by atoms with van der Waals surface area (Å²) in [6.07, 6.45) is 2.28. The Bertz CT molecular complexity index is 977. The zero-order valence-electron chi connectivity index (χ0n) is 16.5. The van der Waals surface area contributed by atoms with Gasteiger partial charge in [0.2, 0.25) is 0 Å². The Morgan fingerprint density at radius 3 is 2.42 bits per heavy atom. The van der Waals surface area contributed by atoms with Gasteiger partial charge in [-0.05, 0) is 75.8 Å². The van der Waals surface area contributed by atoms with Crippen molar-refractivity contribution in [2.45, 2.75) is 51.9 Å². The Hall–Kier alpha value is -2.06. The summed E-state index contributed by atoms with van der Waals surface area (Å²) >= 11 is 1.82. The van der Waals surface area contributed by atoms with Crippen LogP contribution in [0.2, 0.25) is 0 Å². The number of hydrogen-bond donors (Lipinski definition) is 0. The molecule has 1 heterocycles. The minimum absolute atomic E-state index is 0.0302. The van der Waals surface area contributed by atoms with Crippen LogP contribution >= 0.6 is 11.8 Å². The zero-order valence-corrected chi connectivity index (χ0v) is 17.3. The van der Waals surface area contributed by atoms with Gasteiger partial charge in [0.1, 0.15) is 0 Å². The second-order valence-electron chi connectivity index (χ2n) is 7.94. The molecule has 3 aromatic rings. The fourth-order valence-electron chi connectivity index (χ4n) is 2.90. The smallest absolute Gasteiger partial charge is 0.212 e. The molecule has 0 fully saturated rings. The predicted molar refractivity (Wildman–Crippen MR) is 115 cm³/mol. The molecule has 0 radical (unpaired) electrons. The van der Waals surface area contributed by atoms with E-state index in [1.807, 2.05) is 11.8 Å². The first-order valence-corrected chi connectivity index (χ1v) is 9.85. The minimum atomic E-state index is -0.0302. The van der Waals surface area contributed by atoms with Crippen molar-refractivity contribution in [1.29, 1.82) is 0 Å². The normalized spacial score (nSPS) is 12.6. The molecule has 0 aliphatic heterocycles. The van der Waals surface area contributed by atoms with Crippen molar-refractivity contribution in [3.05, 3.63) is 75.9 Å². The lowest BCUT2D eigenvalue weighted by atomic mass is 9.91. The zero-order chi connectivity index (χ0) is 18.9. The van der Waals surface area contributed by atoms with E-state index in [0.29, 0.717) is 0 Å². The second-order valence-corrected chi connectivity index (χ2v) is 9.23. The standard InChI is InChI=1S/C24H27OS/c1-16-11-12-20-19(15-23(24(4,5)6)25-21(20)13-16)14-18(3)26-22-10-8-7-9-17(22)2/h7-15H,1-6H3/q+1/b18-14-. The summed E-state index contributed by atoms with van der Waals surface area (Å²) in [7, 11) is 0. The van der Waals surface area contributed by atoms with Crippen LogP contribution in [0.3, 0.4) is 0 Å². The molecule has 0 bridgehead atoms. The van der Waals surface area contributed by atoms with E-state index in [1.165, 1.54) is 26.5 Å². The van der Waals surface area contributed by atoms with Crippen molar-refractivity contribution in [3.8, 4) is 0 Å². The number of aryl methyl sites for hydroxylation is 2. The minimum Gasteiger partial charge on any atom is -0.212 e. The monoisotopic (exact) mass is 363 g/mol. The Morgan fingerprint density at radius 1 is 1.00 bits per heavy atom. The quantitative estimate of drug-likeness (QED) is 0.347. The van der Waals surface area contributed by atoms with Gasteiger partial charge in [-0.1, -0.05) is 36.0 Å². The molecule has 3 rings (SSSR count). The molecule has 1 nitrogen and oxygen atoms in total. The number of hydrogen-bond acceptors (Lipinski definition) is 1. The molecule has 2 aromatic carbocycles. The first kappa shape index (κ1) is 18.7. The van der Waals surface area contributed by atoms with Crippen molar-refractivity contribution in [2.75, 3.05) is 0 Å². The largest absolute Gasteiger partial charge is 0.361 e. The Morgan fingerprint density at radius 2 is 1.73 bits per heavy atom. The third-order valence-electron chi connectivity index (χ3n) is 4.42. The molecule has 0 saturated carbocycles. The van der Waals surface area contributed by atoms with E-state index in [2.05, 4.69) is 96.1 Å². The average Bonchev–Trinajstić information content (AvgIpc) is 2.55. The van der Waals surface area contributed by atoms with E-state index in [1.54, 1.807) is 0 Å². The molecule has 0 atom stereocenters. The van der Waals surface area contributed by atoms with Crippen LogP contribution in [0.1, 0.15) is 50.1 Å². The maximum absolute atomic E-state index is 6.23. The topological polar surface area (TPSA) is 11.3 Å². The van der Waals surface area contributed by atoms with Gasteiger partial charge in [-0.2, -0.15) is 0 Å². The van der Waals surface area contributed by atoms with Crippen molar-refractivity contribution in [3.63, 3.8) is 0 Å². The molecule has 0 spiro atoms. The number of allylic oxidation sites excluding steroid dienone is 1. The van der Waals surface area contributed by atoms with Gasteiger partial charge in [-0.15, -0.1) is 0 Å². The molecule has 2 heteroatoms. The Labute approximate surface area is 161 Å². The highest BCUT2D eigenvalue weighted by Gasteiger charge is 2.28. The van der Waals surface area contributed by atoms with Gasteiger partial charge < -0.3 is 0 Å². The van der Waals surface area contributed by atoms with Crippen molar-refractivity contribution >= 4 is 28.8 Å². The number of fused-ring (bicyclic) bond motifs is 1. The van der Waals surface area contributed by atoms with Crippen LogP contribution in [-0.2, 0) is 5.41 Å². The lowest BCUT2D eigenvalue weighted by Gasteiger charge is -2.11. The van der Waals surface area contributed by atoms with E-state index in [-0.39, 0.29) is 5.41 Å². The summed E-state index contributed by atoms with van der Waals surface area (Å²) in [6, 6.07) is 17.2. The number of thioether (sulfide) groups is 1. The first-order chi connectivity index (χ1) is 12.2. The highest BCUT2D eigenvalue weighted by molar-refractivity contribution is 8.03. The second kappa shape index (κ2) is 7.28. The first-order valence-electron chi connectivity index (χ1n) is 9.04. The average molecular weight is 364 g/mol. The summed E-state index contributed by atoms with van der Waals surface area (Å²) < 4.78 is 6.23. The molecule has 26 heavy (non-hydrogen) atoms. The highest BCUT2D eigenvalue weighted by Crippen LogP contribution is 2.34. The number of benzene rings is 2. The van der Waals surface area contributed by atoms with Crippen LogP contribution < -0.4 is 0 Å². The summed E-state index contributed by atoms with van der Waals surface area (Å²) in [5.74, 6) is 1.01. The Kier molecular flexibility index (Phi) is 5.24. The summed E-state index contributed by atoms with van der Waals surface area (Å²) in [5.41, 5.74) is 4.67.